The lowest BCUT2D eigenvalue weighted by molar-refractivity contribution is -0.123. The van der Waals surface area contributed by atoms with Gasteiger partial charge in [0.1, 0.15) is 0 Å². The Labute approximate surface area is 121 Å². The largest absolute Gasteiger partial charge is 0.480 e. The second-order valence-electron chi connectivity index (χ2n) is 5.91. The molecule has 5 heteroatoms. The number of nitrogens with zero attached hydrogens (tertiary/aromatic N) is 2. The molecule has 1 rings (SSSR count). The number of aromatic nitrogens is 2. The summed E-state index contributed by atoms with van der Waals surface area (Å²) in [6, 6.07) is 1.86. The Morgan fingerprint density at radius 3 is 2.35 bits per heavy atom. The van der Waals surface area contributed by atoms with E-state index in [0.717, 1.165) is 18.4 Å². The smallest absolute Gasteiger partial charge is 0.233 e. The van der Waals surface area contributed by atoms with Crippen LogP contribution in [-0.2, 0) is 4.79 Å². The molecule has 0 aliphatic carbocycles. The molecule has 1 N–H and O–H groups in total. The lowest BCUT2D eigenvalue weighted by Gasteiger charge is -2.21. The molecular formula is C15H25N3O2. The van der Waals surface area contributed by atoms with Gasteiger partial charge in [0.25, 0.3) is 0 Å². The van der Waals surface area contributed by atoms with Crippen LogP contribution >= 0.6 is 0 Å². The lowest BCUT2D eigenvalue weighted by atomic mass is 9.93. The van der Waals surface area contributed by atoms with Crippen LogP contribution in [0.3, 0.4) is 0 Å². The van der Waals surface area contributed by atoms with E-state index >= 15 is 0 Å². The number of hydrogen-bond donors (Lipinski definition) is 1. The van der Waals surface area contributed by atoms with Gasteiger partial charge >= 0.3 is 0 Å². The summed E-state index contributed by atoms with van der Waals surface area (Å²) in [5.74, 6) is 1.28. The van der Waals surface area contributed by atoms with Crippen LogP contribution in [0.1, 0.15) is 58.9 Å². The van der Waals surface area contributed by atoms with Gasteiger partial charge in [-0.25, -0.2) is 0 Å². The Balaban J connectivity index is 3.15. The summed E-state index contributed by atoms with van der Waals surface area (Å²) in [6.07, 6.45) is 1.95. The van der Waals surface area contributed by atoms with Gasteiger partial charge < -0.3 is 10.1 Å². The number of ether oxygens (including phenoxy) is 1. The summed E-state index contributed by atoms with van der Waals surface area (Å²) >= 11 is 0. The standard InChI is InChI=1S/C15H25N3O2/c1-7-10(8-2)11-9-12(20-6)17-18-13(11)16-14(19)15(3,4)5/h9-10H,7-8H2,1-6H3,(H,16,18,19). The monoisotopic (exact) mass is 279 g/mol. The zero-order valence-corrected chi connectivity index (χ0v) is 13.3. The van der Waals surface area contributed by atoms with E-state index in [1.165, 1.54) is 0 Å². The van der Waals surface area contributed by atoms with Gasteiger partial charge in [-0.15, -0.1) is 10.2 Å². The fourth-order valence-electron chi connectivity index (χ4n) is 1.92. The maximum Gasteiger partial charge on any atom is 0.233 e. The molecule has 5 nitrogen and oxygen atoms in total. The van der Waals surface area contributed by atoms with Crippen molar-refractivity contribution in [1.29, 1.82) is 0 Å². The molecule has 0 saturated carbocycles. The number of nitrogens with one attached hydrogen (secondary N) is 1. The predicted octanol–water partition coefficient (Wildman–Crippen LogP) is 3.37. The predicted molar refractivity (Wildman–Crippen MR) is 80.0 cm³/mol. The van der Waals surface area contributed by atoms with E-state index in [1.54, 1.807) is 7.11 Å². The van der Waals surface area contributed by atoms with Crippen LogP contribution in [0.2, 0.25) is 0 Å². The maximum atomic E-state index is 12.1. The third-order valence-corrected chi connectivity index (χ3v) is 3.35. The Hall–Kier alpha value is -1.65. The number of methoxy groups -OCH3 is 1. The van der Waals surface area contributed by atoms with E-state index in [2.05, 4.69) is 29.4 Å². The minimum absolute atomic E-state index is 0.0656. The Morgan fingerprint density at radius 2 is 1.90 bits per heavy atom. The molecule has 0 radical (unpaired) electrons. The minimum atomic E-state index is -0.465. The average molecular weight is 279 g/mol. The van der Waals surface area contributed by atoms with Gasteiger partial charge in [-0.05, 0) is 18.8 Å². The highest BCUT2D eigenvalue weighted by atomic mass is 16.5. The Morgan fingerprint density at radius 1 is 1.30 bits per heavy atom. The van der Waals surface area contributed by atoms with Crippen molar-refractivity contribution in [3.63, 3.8) is 0 Å². The molecule has 0 aliphatic rings. The molecule has 1 aromatic heterocycles. The van der Waals surface area contributed by atoms with Gasteiger partial charge in [0.15, 0.2) is 5.82 Å². The summed E-state index contributed by atoms with van der Waals surface area (Å²) < 4.78 is 5.13. The molecule has 0 saturated heterocycles. The normalized spacial score (nSPS) is 11.6. The van der Waals surface area contributed by atoms with Gasteiger partial charge in [0, 0.05) is 17.0 Å². The number of hydrogen-bond acceptors (Lipinski definition) is 4. The fraction of sp³-hybridized carbons (Fsp3) is 0.667. The van der Waals surface area contributed by atoms with Crippen molar-refractivity contribution in [2.24, 2.45) is 5.41 Å². The van der Waals surface area contributed by atoms with Crippen molar-refractivity contribution < 1.29 is 9.53 Å². The SMILES string of the molecule is CCC(CC)c1cc(OC)nnc1NC(=O)C(C)(C)C. The Bertz CT molecular complexity index is 463. The Kier molecular flexibility index (Phi) is 5.48. The van der Waals surface area contributed by atoms with Crippen LogP contribution in [0.4, 0.5) is 5.82 Å². The molecule has 0 bridgehead atoms. The number of amides is 1. The zero-order chi connectivity index (χ0) is 15.3. The van der Waals surface area contributed by atoms with E-state index < -0.39 is 5.41 Å². The molecule has 1 amide bonds. The van der Waals surface area contributed by atoms with Crippen molar-refractivity contribution in [2.75, 3.05) is 12.4 Å². The first-order chi connectivity index (χ1) is 9.33. The lowest BCUT2D eigenvalue weighted by Crippen LogP contribution is -2.29. The first-order valence-corrected chi connectivity index (χ1v) is 7.06. The van der Waals surface area contributed by atoms with Crippen molar-refractivity contribution >= 4 is 11.7 Å². The van der Waals surface area contributed by atoms with Gasteiger partial charge in [0.05, 0.1) is 7.11 Å². The quantitative estimate of drug-likeness (QED) is 0.897. The van der Waals surface area contributed by atoms with Crippen LogP contribution in [0, 0.1) is 5.41 Å². The average Bonchev–Trinajstić information content (AvgIpc) is 2.40. The molecular weight excluding hydrogens is 254 g/mol. The molecule has 0 aliphatic heterocycles. The zero-order valence-electron chi connectivity index (χ0n) is 13.3. The van der Waals surface area contributed by atoms with Crippen LogP contribution < -0.4 is 10.1 Å². The van der Waals surface area contributed by atoms with Gasteiger partial charge in [0.2, 0.25) is 11.8 Å². The molecule has 0 fully saturated rings. The van der Waals surface area contributed by atoms with Crippen LogP contribution in [0.15, 0.2) is 6.07 Å². The first-order valence-electron chi connectivity index (χ1n) is 7.06. The van der Waals surface area contributed by atoms with Gasteiger partial charge in [-0.3, -0.25) is 4.79 Å². The number of rotatable bonds is 5. The van der Waals surface area contributed by atoms with E-state index in [-0.39, 0.29) is 5.91 Å². The number of carbonyl (C=O) groups excluding carboxylic acids is 1. The van der Waals surface area contributed by atoms with Gasteiger partial charge in [-0.2, -0.15) is 0 Å². The summed E-state index contributed by atoms with van der Waals surface area (Å²) in [5.41, 5.74) is 0.520. The highest BCUT2D eigenvalue weighted by Gasteiger charge is 2.24. The van der Waals surface area contributed by atoms with E-state index in [4.69, 9.17) is 4.74 Å². The van der Waals surface area contributed by atoms with Gasteiger partial charge in [-0.1, -0.05) is 34.6 Å². The highest BCUT2D eigenvalue weighted by Crippen LogP contribution is 2.31. The fourth-order valence-corrected chi connectivity index (χ4v) is 1.92. The van der Waals surface area contributed by atoms with E-state index in [1.807, 2.05) is 26.8 Å². The third kappa shape index (κ3) is 3.92. The number of anilines is 1. The van der Waals surface area contributed by atoms with E-state index in [9.17, 15) is 4.79 Å². The summed E-state index contributed by atoms with van der Waals surface area (Å²) in [5, 5.41) is 11.0. The van der Waals surface area contributed by atoms with Crippen LogP contribution in [-0.4, -0.2) is 23.2 Å². The minimum Gasteiger partial charge on any atom is -0.480 e. The molecule has 0 atom stereocenters. The van der Waals surface area contributed by atoms with Crippen molar-refractivity contribution in [3.8, 4) is 5.88 Å². The number of carbonyl (C=O) groups is 1. The summed E-state index contributed by atoms with van der Waals surface area (Å²) in [4.78, 5) is 12.1. The molecule has 0 unspecified atom stereocenters. The second kappa shape index (κ2) is 6.68. The molecule has 20 heavy (non-hydrogen) atoms. The third-order valence-electron chi connectivity index (χ3n) is 3.35. The van der Waals surface area contributed by atoms with Crippen molar-refractivity contribution in [2.45, 2.75) is 53.4 Å². The summed E-state index contributed by atoms with van der Waals surface area (Å²) in [7, 11) is 1.56. The van der Waals surface area contributed by atoms with Crippen LogP contribution in [0.25, 0.3) is 0 Å². The van der Waals surface area contributed by atoms with Crippen molar-refractivity contribution in [3.05, 3.63) is 11.6 Å². The van der Waals surface area contributed by atoms with E-state index in [0.29, 0.717) is 17.6 Å². The molecule has 1 heterocycles. The molecule has 112 valence electrons. The molecule has 0 spiro atoms. The van der Waals surface area contributed by atoms with Crippen molar-refractivity contribution in [1.82, 2.24) is 10.2 Å². The first kappa shape index (κ1) is 16.4. The maximum absolute atomic E-state index is 12.1. The molecule has 0 aromatic carbocycles. The van der Waals surface area contributed by atoms with Crippen LogP contribution in [0.5, 0.6) is 5.88 Å². The summed E-state index contributed by atoms with van der Waals surface area (Å²) in [6.45, 7) is 9.86. The topological polar surface area (TPSA) is 64.1 Å². The highest BCUT2D eigenvalue weighted by molar-refractivity contribution is 5.94. The second-order valence-corrected chi connectivity index (χ2v) is 5.91. The molecule has 1 aromatic rings.